The van der Waals surface area contributed by atoms with Crippen molar-refractivity contribution in [2.45, 2.75) is 25.7 Å². The Morgan fingerprint density at radius 2 is 1.94 bits per heavy atom. The van der Waals surface area contributed by atoms with Crippen LogP contribution in [0.1, 0.15) is 25.7 Å². The first-order valence-corrected chi connectivity index (χ1v) is 6.40. The van der Waals surface area contributed by atoms with Crippen LogP contribution < -0.4 is 5.32 Å². The van der Waals surface area contributed by atoms with Crippen molar-refractivity contribution in [3.8, 4) is 5.75 Å². The standard InChI is InChI=1S/C14H19NO3/c16-13-4-2-12(3-5-13)15-14(17)6-1-11-7-9-18-10-8-11/h2-5,11,16H,1,6-10H2,(H,15,17). The van der Waals surface area contributed by atoms with Gasteiger partial charge in [-0.05, 0) is 49.4 Å². The Hall–Kier alpha value is -1.55. The highest BCUT2D eigenvalue weighted by Gasteiger charge is 2.15. The van der Waals surface area contributed by atoms with Crippen molar-refractivity contribution in [3.63, 3.8) is 0 Å². The molecular formula is C14H19NO3. The number of amides is 1. The Morgan fingerprint density at radius 3 is 2.61 bits per heavy atom. The van der Waals surface area contributed by atoms with Crippen LogP contribution in [0.2, 0.25) is 0 Å². The molecule has 0 unspecified atom stereocenters. The Kier molecular flexibility index (Phi) is 4.59. The molecule has 4 nitrogen and oxygen atoms in total. The van der Waals surface area contributed by atoms with Crippen molar-refractivity contribution < 1.29 is 14.6 Å². The summed E-state index contributed by atoms with van der Waals surface area (Å²) in [6, 6.07) is 6.52. The van der Waals surface area contributed by atoms with Crippen LogP contribution in [-0.4, -0.2) is 24.2 Å². The molecule has 18 heavy (non-hydrogen) atoms. The van der Waals surface area contributed by atoms with E-state index in [1.807, 2.05) is 0 Å². The average Bonchev–Trinajstić information content (AvgIpc) is 2.40. The fraction of sp³-hybridized carbons (Fsp3) is 0.500. The summed E-state index contributed by atoms with van der Waals surface area (Å²) in [6.45, 7) is 1.65. The highest BCUT2D eigenvalue weighted by atomic mass is 16.5. The third-order valence-electron chi connectivity index (χ3n) is 3.27. The highest BCUT2D eigenvalue weighted by molar-refractivity contribution is 5.90. The number of anilines is 1. The van der Waals surface area contributed by atoms with Crippen molar-refractivity contribution in [1.29, 1.82) is 0 Å². The minimum atomic E-state index is 0.0344. The third kappa shape index (κ3) is 4.04. The van der Waals surface area contributed by atoms with Crippen LogP contribution in [0.15, 0.2) is 24.3 Å². The lowest BCUT2D eigenvalue weighted by Gasteiger charge is -2.21. The number of aromatic hydroxyl groups is 1. The lowest BCUT2D eigenvalue weighted by molar-refractivity contribution is -0.116. The zero-order valence-electron chi connectivity index (χ0n) is 10.4. The molecule has 1 aliphatic rings. The molecular weight excluding hydrogens is 230 g/mol. The topological polar surface area (TPSA) is 58.6 Å². The normalized spacial score (nSPS) is 16.4. The average molecular weight is 249 g/mol. The van der Waals surface area contributed by atoms with Crippen LogP contribution in [0.4, 0.5) is 5.69 Å². The van der Waals surface area contributed by atoms with E-state index < -0.39 is 0 Å². The number of phenolic OH excluding ortho intramolecular Hbond substituents is 1. The molecule has 1 saturated heterocycles. The van der Waals surface area contributed by atoms with E-state index >= 15 is 0 Å². The van der Waals surface area contributed by atoms with Gasteiger partial charge in [0.2, 0.25) is 5.91 Å². The first-order chi connectivity index (χ1) is 8.74. The van der Waals surface area contributed by atoms with Gasteiger partial charge >= 0.3 is 0 Å². The molecule has 98 valence electrons. The summed E-state index contributed by atoms with van der Waals surface area (Å²) in [5.74, 6) is 0.853. The van der Waals surface area contributed by atoms with Gasteiger partial charge in [0.25, 0.3) is 0 Å². The Morgan fingerprint density at radius 1 is 1.28 bits per heavy atom. The van der Waals surface area contributed by atoms with Gasteiger partial charge in [0, 0.05) is 25.3 Å². The SMILES string of the molecule is O=C(CCC1CCOCC1)Nc1ccc(O)cc1. The molecule has 1 fully saturated rings. The molecule has 1 aromatic carbocycles. The molecule has 0 radical (unpaired) electrons. The van der Waals surface area contributed by atoms with Crippen LogP contribution in [0.5, 0.6) is 5.75 Å². The van der Waals surface area contributed by atoms with Gasteiger partial charge in [0.15, 0.2) is 0 Å². The quantitative estimate of drug-likeness (QED) is 0.806. The molecule has 1 heterocycles. The van der Waals surface area contributed by atoms with Crippen LogP contribution >= 0.6 is 0 Å². The molecule has 0 aliphatic carbocycles. The molecule has 0 bridgehead atoms. The van der Waals surface area contributed by atoms with Gasteiger partial charge in [-0.15, -0.1) is 0 Å². The van der Waals surface area contributed by atoms with Crippen molar-refractivity contribution in [3.05, 3.63) is 24.3 Å². The van der Waals surface area contributed by atoms with E-state index in [1.165, 1.54) is 0 Å². The minimum absolute atomic E-state index is 0.0344. The second kappa shape index (κ2) is 6.40. The zero-order valence-corrected chi connectivity index (χ0v) is 10.4. The van der Waals surface area contributed by atoms with Crippen molar-refractivity contribution in [1.82, 2.24) is 0 Å². The van der Waals surface area contributed by atoms with Crippen LogP contribution in [0.25, 0.3) is 0 Å². The minimum Gasteiger partial charge on any atom is -0.508 e. The van der Waals surface area contributed by atoms with Gasteiger partial charge < -0.3 is 15.2 Å². The van der Waals surface area contributed by atoms with Crippen LogP contribution in [0.3, 0.4) is 0 Å². The van der Waals surface area contributed by atoms with E-state index in [4.69, 9.17) is 9.84 Å². The number of benzene rings is 1. The Labute approximate surface area is 107 Å². The van der Waals surface area contributed by atoms with E-state index in [2.05, 4.69) is 5.32 Å². The Bertz CT molecular complexity index is 383. The smallest absolute Gasteiger partial charge is 0.224 e. The van der Waals surface area contributed by atoms with E-state index in [1.54, 1.807) is 24.3 Å². The molecule has 0 spiro atoms. The fourth-order valence-corrected chi connectivity index (χ4v) is 2.14. The van der Waals surface area contributed by atoms with E-state index in [9.17, 15) is 4.79 Å². The molecule has 4 heteroatoms. The van der Waals surface area contributed by atoms with Crippen molar-refractivity contribution in [2.75, 3.05) is 18.5 Å². The predicted molar refractivity (Wildman–Crippen MR) is 69.5 cm³/mol. The Balaban J connectivity index is 1.73. The monoisotopic (exact) mass is 249 g/mol. The maximum absolute atomic E-state index is 11.7. The molecule has 1 amide bonds. The second-order valence-corrected chi connectivity index (χ2v) is 4.69. The van der Waals surface area contributed by atoms with Gasteiger partial charge in [-0.2, -0.15) is 0 Å². The van der Waals surface area contributed by atoms with Crippen molar-refractivity contribution >= 4 is 11.6 Å². The number of carbonyl (C=O) groups excluding carboxylic acids is 1. The molecule has 0 saturated carbocycles. The summed E-state index contributed by atoms with van der Waals surface area (Å²) in [7, 11) is 0. The molecule has 1 aliphatic heterocycles. The fourth-order valence-electron chi connectivity index (χ4n) is 2.14. The lowest BCUT2D eigenvalue weighted by atomic mass is 9.95. The summed E-state index contributed by atoms with van der Waals surface area (Å²) in [6.07, 6.45) is 3.60. The summed E-state index contributed by atoms with van der Waals surface area (Å²) in [4.78, 5) is 11.7. The number of phenols is 1. The maximum atomic E-state index is 11.7. The zero-order chi connectivity index (χ0) is 12.8. The van der Waals surface area contributed by atoms with Crippen LogP contribution in [-0.2, 0) is 9.53 Å². The number of hydrogen-bond donors (Lipinski definition) is 2. The van der Waals surface area contributed by atoms with E-state index in [-0.39, 0.29) is 11.7 Å². The molecule has 0 atom stereocenters. The van der Waals surface area contributed by atoms with Gasteiger partial charge in [-0.25, -0.2) is 0 Å². The van der Waals surface area contributed by atoms with Gasteiger partial charge in [0.05, 0.1) is 0 Å². The second-order valence-electron chi connectivity index (χ2n) is 4.69. The van der Waals surface area contributed by atoms with Gasteiger partial charge in [0.1, 0.15) is 5.75 Å². The summed E-state index contributed by atoms with van der Waals surface area (Å²) in [5.41, 5.74) is 0.727. The summed E-state index contributed by atoms with van der Waals surface area (Å²) >= 11 is 0. The van der Waals surface area contributed by atoms with Gasteiger partial charge in [-0.1, -0.05) is 0 Å². The predicted octanol–water partition coefficient (Wildman–Crippen LogP) is 2.54. The van der Waals surface area contributed by atoms with E-state index in [0.29, 0.717) is 12.3 Å². The molecule has 2 N–H and O–H groups in total. The summed E-state index contributed by atoms with van der Waals surface area (Å²) in [5, 5.41) is 12.0. The number of nitrogens with one attached hydrogen (secondary N) is 1. The first kappa shape index (κ1) is 12.9. The molecule has 0 aromatic heterocycles. The number of carbonyl (C=O) groups is 1. The maximum Gasteiger partial charge on any atom is 0.224 e. The first-order valence-electron chi connectivity index (χ1n) is 6.40. The third-order valence-corrected chi connectivity index (χ3v) is 3.27. The van der Waals surface area contributed by atoms with Crippen LogP contribution in [0, 0.1) is 5.92 Å². The molecule has 2 rings (SSSR count). The van der Waals surface area contributed by atoms with Gasteiger partial charge in [-0.3, -0.25) is 4.79 Å². The number of hydrogen-bond acceptors (Lipinski definition) is 3. The van der Waals surface area contributed by atoms with E-state index in [0.717, 1.165) is 38.2 Å². The lowest BCUT2D eigenvalue weighted by Crippen LogP contribution is -2.18. The van der Waals surface area contributed by atoms with Crippen molar-refractivity contribution in [2.24, 2.45) is 5.92 Å². The largest absolute Gasteiger partial charge is 0.508 e. The molecule has 1 aromatic rings. The number of ether oxygens (including phenoxy) is 1. The summed E-state index contributed by atoms with van der Waals surface area (Å²) < 4.78 is 5.29. The highest BCUT2D eigenvalue weighted by Crippen LogP contribution is 2.20. The number of rotatable bonds is 4.